The minimum Gasteiger partial charge on any atom is -0.341 e. The summed E-state index contributed by atoms with van der Waals surface area (Å²) in [5, 5.41) is 3.57. The van der Waals surface area contributed by atoms with Gasteiger partial charge in [-0.2, -0.15) is 0 Å². The number of nitrogens with two attached hydrogens (primary N) is 1. The highest BCUT2D eigenvalue weighted by atomic mass is 15.0. The van der Waals surface area contributed by atoms with Crippen molar-refractivity contribution in [2.45, 2.75) is 52.5 Å². The molecule has 3 aromatic rings. The lowest BCUT2D eigenvalue weighted by Crippen LogP contribution is -2.23. The van der Waals surface area contributed by atoms with Crippen LogP contribution in [0.4, 0.5) is 0 Å². The van der Waals surface area contributed by atoms with Gasteiger partial charge in [0, 0.05) is 11.9 Å². The SMILES string of the molecule is CCC(NCCCCCN)c1nc2ccccc2[nH]1.Cc1cccnc1C. The largest absolute Gasteiger partial charge is 0.341 e. The number of aryl methyl sites for hydroxylation is 2. The van der Waals surface area contributed by atoms with E-state index >= 15 is 0 Å². The van der Waals surface area contributed by atoms with Gasteiger partial charge >= 0.3 is 0 Å². The van der Waals surface area contributed by atoms with Crippen LogP contribution in [0.15, 0.2) is 42.6 Å². The predicted molar refractivity (Wildman–Crippen MR) is 114 cm³/mol. The van der Waals surface area contributed by atoms with E-state index in [2.05, 4.69) is 46.2 Å². The van der Waals surface area contributed by atoms with Gasteiger partial charge in [-0.3, -0.25) is 4.98 Å². The quantitative estimate of drug-likeness (QED) is 0.515. The molecule has 5 heteroatoms. The number of aromatic amines is 1. The molecule has 27 heavy (non-hydrogen) atoms. The van der Waals surface area contributed by atoms with Gasteiger partial charge in [-0.25, -0.2) is 4.98 Å². The summed E-state index contributed by atoms with van der Waals surface area (Å²) in [5.74, 6) is 1.04. The molecule has 1 atom stereocenters. The van der Waals surface area contributed by atoms with Crippen LogP contribution in [0, 0.1) is 13.8 Å². The number of H-pyrrole nitrogens is 1. The monoisotopic (exact) mass is 367 g/mol. The smallest absolute Gasteiger partial charge is 0.124 e. The van der Waals surface area contributed by atoms with Crippen molar-refractivity contribution >= 4 is 11.0 Å². The fourth-order valence-corrected chi connectivity index (χ4v) is 2.86. The van der Waals surface area contributed by atoms with Crippen LogP contribution in [0.5, 0.6) is 0 Å². The molecule has 0 aliphatic heterocycles. The maximum Gasteiger partial charge on any atom is 0.124 e. The normalized spacial score (nSPS) is 11.9. The number of fused-ring (bicyclic) bond motifs is 1. The number of rotatable bonds is 8. The van der Waals surface area contributed by atoms with E-state index in [9.17, 15) is 0 Å². The Labute approximate surface area is 162 Å². The van der Waals surface area contributed by atoms with Crippen LogP contribution in [0.1, 0.15) is 55.7 Å². The Balaban J connectivity index is 0.000000273. The molecule has 1 aromatic carbocycles. The Morgan fingerprint density at radius 3 is 2.52 bits per heavy atom. The summed E-state index contributed by atoms with van der Waals surface area (Å²) in [7, 11) is 0. The summed E-state index contributed by atoms with van der Waals surface area (Å²) in [6.45, 7) is 8.07. The van der Waals surface area contributed by atoms with Gasteiger partial charge in [0.1, 0.15) is 5.82 Å². The van der Waals surface area contributed by atoms with Crippen LogP contribution >= 0.6 is 0 Å². The third kappa shape index (κ3) is 6.77. The van der Waals surface area contributed by atoms with Crippen LogP contribution in [-0.4, -0.2) is 28.0 Å². The molecular formula is C22H33N5. The van der Waals surface area contributed by atoms with Crippen molar-refractivity contribution in [2.24, 2.45) is 5.73 Å². The Bertz CT molecular complexity index is 742. The summed E-state index contributed by atoms with van der Waals surface area (Å²) in [6.07, 6.45) is 6.33. The Morgan fingerprint density at radius 2 is 1.89 bits per heavy atom. The Hall–Kier alpha value is -2.24. The van der Waals surface area contributed by atoms with Crippen LogP contribution in [-0.2, 0) is 0 Å². The molecule has 0 spiro atoms. The molecule has 4 N–H and O–H groups in total. The van der Waals surface area contributed by atoms with Gasteiger partial charge in [-0.05, 0) is 70.0 Å². The molecule has 0 fully saturated rings. The second-order valence-electron chi connectivity index (χ2n) is 6.81. The van der Waals surface area contributed by atoms with Crippen molar-refractivity contribution in [3.05, 3.63) is 59.7 Å². The van der Waals surface area contributed by atoms with Gasteiger partial charge in [0.15, 0.2) is 0 Å². The Morgan fingerprint density at radius 1 is 1.07 bits per heavy atom. The number of hydrogen-bond acceptors (Lipinski definition) is 4. The van der Waals surface area contributed by atoms with Crippen LogP contribution in [0.3, 0.4) is 0 Å². The zero-order valence-corrected chi connectivity index (χ0v) is 16.8. The maximum atomic E-state index is 5.50. The third-order valence-electron chi connectivity index (χ3n) is 4.69. The molecular weight excluding hydrogens is 334 g/mol. The lowest BCUT2D eigenvalue weighted by atomic mass is 10.2. The van der Waals surface area contributed by atoms with Crippen LogP contribution in [0.25, 0.3) is 11.0 Å². The minimum atomic E-state index is 0.310. The molecule has 0 radical (unpaired) electrons. The number of hydrogen-bond donors (Lipinski definition) is 3. The van der Waals surface area contributed by atoms with E-state index in [0.717, 1.165) is 48.5 Å². The van der Waals surface area contributed by atoms with Gasteiger partial charge in [0.2, 0.25) is 0 Å². The van der Waals surface area contributed by atoms with Crippen LogP contribution in [0.2, 0.25) is 0 Å². The molecule has 1 unspecified atom stereocenters. The molecule has 146 valence electrons. The lowest BCUT2D eigenvalue weighted by Gasteiger charge is -2.14. The molecule has 2 aromatic heterocycles. The number of benzene rings is 1. The first-order chi connectivity index (χ1) is 13.2. The first-order valence-electron chi connectivity index (χ1n) is 9.92. The number of pyridine rings is 1. The predicted octanol–water partition coefficient (Wildman–Crippen LogP) is 4.43. The first-order valence-corrected chi connectivity index (χ1v) is 9.92. The molecule has 0 bridgehead atoms. The number of para-hydroxylation sites is 2. The van der Waals surface area contributed by atoms with Crippen molar-refractivity contribution in [3.8, 4) is 0 Å². The average molecular weight is 368 g/mol. The number of aromatic nitrogens is 3. The van der Waals surface area contributed by atoms with Crippen molar-refractivity contribution in [3.63, 3.8) is 0 Å². The summed E-state index contributed by atoms with van der Waals surface area (Å²) < 4.78 is 0. The standard InChI is InChI=1S/C15H24N4.C7H9N/c1-2-12(17-11-7-3-6-10-16)15-18-13-8-4-5-9-14(13)19-15;1-6-4-3-5-8-7(6)2/h4-5,8-9,12,17H,2-3,6-7,10-11,16H2,1H3,(H,18,19);3-5H,1-2H3. The number of nitrogens with zero attached hydrogens (tertiary/aromatic N) is 2. The van der Waals surface area contributed by atoms with Gasteiger partial charge < -0.3 is 16.0 Å². The number of imidazole rings is 1. The molecule has 0 saturated heterocycles. The second-order valence-corrected chi connectivity index (χ2v) is 6.81. The lowest BCUT2D eigenvalue weighted by molar-refractivity contribution is 0.483. The molecule has 0 amide bonds. The third-order valence-corrected chi connectivity index (χ3v) is 4.69. The van der Waals surface area contributed by atoms with E-state index in [-0.39, 0.29) is 0 Å². The average Bonchev–Trinajstić information content (AvgIpc) is 3.11. The maximum absolute atomic E-state index is 5.50. The fraction of sp³-hybridized carbons (Fsp3) is 0.455. The van der Waals surface area contributed by atoms with Gasteiger partial charge in [-0.15, -0.1) is 0 Å². The van der Waals surface area contributed by atoms with Crippen LogP contribution < -0.4 is 11.1 Å². The molecule has 0 aliphatic carbocycles. The zero-order chi connectivity index (χ0) is 19.5. The minimum absolute atomic E-state index is 0.310. The highest BCUT2D eigenvalue weighted by Gasteiger charge is 2.12. The molecule has 3 rings (SSSR count). The topological polar surface area (TPSA) is 79.6 Å². The van der Waals surface area contributed by atoms with Gasteiger partial charge in [0.25, 0.3) is 0 Å². The van der Waals surface area contributed by atoms with Crippen molar-refractivity contribution in [2.75, 3.05) is 13.1 Å². The van der Waals surface area contributed by atoms with E-state index in [1.54, 1.807) is 0 Å². The summed E-state index contributed by atoms with van der Waals surface area (Å²) in [5.41, 5.74) is 10.0. The summed E-state index contributed by atoms with van der Waals surface area (Å²) in [6, 6.07) is 12.5. The summed E-state index contributed by atoms with van der Waals surface area (Å²) >= 11 is 0. The molecule has 0 saturated carbocycles. The highest BCUT2D eigenvalue weighted by molar-refractivity contribution is 5.74. The molecule has 2 heterocycles. The second kappa shape index (κ2) is 11.5. The van der Waals surface area contributed by atoms with E-state index in [0.29, 0.717) is 6.04 Å². The van der Waals surface area contributed by atoms with E-state index in [4.69, 9.17) is 5.73 Å². The first kappa shape index (κ1) is 21.1. The van der Waals surface area contributed by atoms with Crippen molar-refractivity contribution in [1.29, 1.82) is 0 Å². The van der Waals surface area contributed by atoms with E-state index in [1.807, 2.05) is 37.4 Å². The Kier molecular flexibility index (Phi) is 8.95. The molecule has 0 aliphatic rings. The van der Waals surface area contributed by atoms with Gasteiger partial charge in [0.05, 0.1) is 17.1 Å². The molecule has 5 nitrogen and oxygen atoms in total. The number of nitrogens with one attached hydrogen (secondary N) is 2. The number of unbranched alkanes of at least 4 members (excludes halogenated alkanes) is 2. The van der Waals surface area contributed by atoms with E-state index in [1.165, 1.54) is 18.4 Å². The summed E-state index contributed by atoms with van der Waals surface area (Å²) in [4.78, 5) is 12.1. The van der Waals surface area contributed by atoms with Crippen molar-refractivity contribution in [1.82, 2.24) is 20.3 Å². The van der Waals surface area contributed by atoms with E-state index < -0.39 is 0 Å². The van der Waals surface area contributed by atoms with Gasteiger partial charge in [-0.1, -0.05) is 31.5 Å². The fourth-order valence-electron chi connectivity index (χ4n) is 2.86. The van der Waals surface area contributed by atoms with Crippen molar-refractivity contribution < 1.29 is 0 Å². The highest BCUT2D eigenvalue weighted by Crippen LogP contribution is 2.18. The zero-order valence-electron chi connectivity index (χ0n) is 16.8.